The Morgan fingerprint density at radius 3 is 2.62 bits per heavy atom. The lowest BCUT2D eigenvalue weighted by Gasteiger charge is -2.45. The fourth-order valence-electron chi connectivity index (χ4n) is 4.67. The van der Waals surface area contributed by atoms with E-state index >= 15 is 0 Å². The van der Waals surface area contributed by atoms with Gasteiger partial charge in [-0.15, -0.1) is 0 Å². The average molecular weight is 454 g/mol. The first kappa shape index (κ1) is 21.7. The molecule has 0 unspecified atom stereocenters. The smallest absolute Gasteiger partial charge is 0.237 e. The normalized spacial score (nSPS) is 15.8. The van der Waals surface area contributed by atoms with Crippen LogP contribution in [0.15, 0.2) is 55.1 Å². The molecule has 4 aromatic rings. The van der Waals surface area contributed by atoms with Gasteiger partial charge in [0.1, 0.15) is 23.1 Å². The summed E-state index contributed by atoms with van der Waals surface area (Å²) in [5.41, 5.74) is 1.40. The average Bonchev–Trinajstić information content (AvgIpc) is 3.32. The molecule has 1 aliphatic rings. The van der Waals surface area contributed by atoms with Crippen LogP contribution in [-0.2, 0) is 0 Å². The summed E-state index contributed by atoms with van der Waals surface area (Å²) in [5, 5.41) is 19.1. The van der Waals surface area contributed by atoms with E-state index in [4.69, 9.17) is 15.8 Å². The summed E-state index contributed by atoms with van der Waals surface area (Å²) >= 11 is 0. The molecule has 0 radical (unpaired) electrons. The number of anilines is 2. The van der Waals surface area contributed by atoms with Crippen molar-refractivity contribution >= 4 is 33.9 Å². The van der Waals surface area contributed by atoms with Crippen molar-refractivity contribution in [2.75, 3.05) is 9.80 Å². The van der Waals surface area contributed by atoms with Crippen LogP contribution in [-0.4, -0.2) is 48.3 Å². The molecule has 1 aromatic carbocycles. The number of amidine groups is 2. The molecule has 4 heterocycles. The number of aromatic nitrogens is 5. The number of nitrogens with zero attached hydrogens (tertiary/aromatic N) is 7. The van der Waals surface area contributed by atoms with Crippen LogP contribution in [0.4, 0.5) is 11.5 Å². The van der Waals surface area contributed by atoms with Crippen LogP contribution in [0.2, 0.25) is 0 Å². The van der Waals surface area contributed by atoms with E-state index in [1.165, 1.54) is 0 Å². The minimum atomic E-state index is -0.183. The lowest BCUT2D eigenvalue weighted by Crippen LogP contribution is -2.56. The maximum atomic E-state index is 8.77. The Morgan fingerprint density at radius 1 is 1.09 bits per heavy atom. The number of benzene rings is 1. The highest BCUT2D eigenvalue weighted by atomic mass is 15.4. The number of imidazole rings is 1. The Balaban J connectivity index is 1.69. The van der Waals surface area contributed by atoms with Crippen molar-refractivity contribution in [3.63, 3.8) is 0 Å². The van der Waals surface area contributed by atoms with Crippen LogP contribution in [0.5, 0.6) is 0 Å². The molecular weight excluding hydrogens is 426 g/mol. The number of nitrogens with one attached hydrogen (secondary N) is 2. The number of fused-ring (bicyclic) bond motifs is 2. The quantitative estimate of drug-likeness (QED) is 0.343. The third-order valence-electron chi connectivity index (χ3n) is 6.14. The molecule has 5 rings (SSSR count). The number of pyridine rings is 1. The highest BCUT2D eigenvalue weighted by molar-refractivity contribution is 6.21. The van der Waals surface area contributed by atoms with Gasteiger partial charge in [0.15, 0.2) is 11.6 Å². The predicted octanol–water partition coefficient (Wildman–Crippen LogP) is 4.67. The number of hydrogen-bond acceptors (Lipinski definition) is 7. The third-order valence-corrected chi connectivity index (χ3v) is 6.14. The van der Waals surface area contributed by atoms with Crippen LogP contribution in [0.25, 0.3) is 28.2 Å². The molecule has 9 heteroatoms. The zero-order valence-corrected chi connectivity index (χ0v) is 19.7. The molecule has 0 saturated heterocycles. The van der Waals surface area contributed by atoms with E-state index < -0.39 is 0 Å². The van der Waals surface area contributed by atoms with Crippen molar-refractivity contribution in [3.8, 4) is 17.5 Å². The number of rotatable bonds is 4. The van der Waals surface area contributed by atoms with Crippen molar-refractivity contribution in [1.82, 2.24) is 24.5 Å². The van der Waals surface area contributed by atoms with Gasteiger partial charge in [0.05, 0.1) is 12.2 Å². The molecule has 1 atom stereocenters. The van der Waals surface area contributed by atoms with Gasteiger partial charge < -0.3 is 4.90 Å². The van der Waals surface area contributed by atoms with Crippen molar-refractivity contribution in [2.45, 2.75) is 46.2 Å². The Morgan fingerprint density at radius 2 is 1.88 bits per heavy atom. The van der Waals surface area contributed by atoms with Crippen LogP contribution in [0, 0.1) is 10.8 Å². The van der Waals surface area contributed by atoms with Gasteiger partial charge in [-0.05, 0) is 38.6 Å². The fourth-order valence-corrected chi connectivity index (χ4v) is 4.67. The lowest BCUT2D eigenvalue weighted by molar-refractivity contribution is 0.596. The van der Waals surface area contributed by atoms with Gasteiger partial charge in [-0.1, -0.05) is 31.2 Å². The Bertz CT molecular complexity index is 1400. The third kappa shape index (κ3) is 3.32. The molecule has 0 fully saturated rings. The Hall–Kier alpha value is -4.14. The van der Waals surface area contributed by atoms with Gasteiger partial charge >= 0.3 is 0 Å². The second-order valence-corrected chi connectivity index (χ2v) is 8.61. The van der Waals surface area contributed by atoms with E-state index in [-0.39, 0.29) is 17.9 Å². The molecule has 0 amide bonds. The summed E-state index contributed by atoms with van der Waals surface area (Å²) in [7, 11) is 0. The van der Waals surface area contributed by atoms with Crippen LogP contribution >= 0.6 is 0 Å². The summed E-state index contributed by atoms with van der Waals surface area (Å²) in [4.78, 5) is 22.6. The Labute approximate surface area is 198 Å². The van der Waals surface area contributed by atoms with E-state index in [1.807, 2.05) is 35.0 Å². The van der Waals surface area contributed by atoms with Crippen LogP contribution in [0.1, 0.15) is 34.1 Å². The van der Waals surface area contributed by atoms with Gasteiger partial charge in [-0.3, -0.25) is 25.3 Å². The van der Waals surface area contributed by atoms with E-state index in [2.05, 4.69) is 46.7 Å². The molecule has 1 aliphatic heterocycles. The molecule has 3 aromatic heterocycles. The summed E-state index contributed by atoms with van der Waals surface area (Å²) in [6.45, 7) is 7.93. The van der Waals surface area contributed by atoms with Crippen molar-refractivity contribution in [1.29, 1.82) is 10.8 Å². The second-order valence-electron chi connectivity index (χ2n) is 8.61. The minimum absolute atomic E-state index is 0.113. The summed E-state index contributed by atoms with van der Waals surface area (Å²) in [6, 6.07) is 10.00. The summed E-state index contributed by atoms with van der Waals surface area (Å²) in [5.74, 6) is 2.48. The SMILES string of the molecule is CC[C@@H]1C(=N)N(C(C)=N)c2cnc(-n3ccnc3-c3nccc4ccccc34)nc2N1C(C)C. The first-order chi connectivity index (χ1) is 16.4. The minimum Gasteiger partial charge on any atom is -0.342 e. The maximum absolute atomic E-state index is 8.77. The Kier molecular flexibility index (Phi) is 5.31. The molecule has 0 aliphatic carbocycles. The van der Waals surface area contributed by atoms with Gasteiger partial charge in [-0.25, -0.2) is 9.97 Å². The monoisotopic (exact) mass is 453 g/mol. The highest BCUT2D eigenvalue weighted by Gasteiger charge is 2.38. The second kappa shape index (κ2) is 8.33. The molecule has 0 bridgehead atoms. The molecule has 9 nitrogen and oxygen atoms in total. The topological polar surface area (TPSA) is 111 Å². The molecular formula is C25H27N9. The van der Waals surface area contributed by atoms with Gasteiger partial charge in [0, 0.05) is 30.0 Å². The maximum Gasteiger partial charge on any atom is 0.237 e. The molecule has 0 spiro atoms. The van der Waals surface area contributed by atoms with E-state index in [0.717, 1.165) is 22.9 Å². The van der Waals surface area contributed by atoms with Gasteiger partial charge in [0.2, 0.25) is 5.95 Å². The number of hydrogen-bond donors (Lipinski definition) is 2. The van der Waals surface area contributed by atoms with Crippen molar-refractivity contribution < 1.29 is 0 Å². The van der Waals surface area contributed by atoms with Crippen LogP contribution in [0.3, 0.4) is 0 Å². The van der Waals surface area contributed by atoms with Gasteiger partial charge in [-0.2, -0.15) is 4.98 Å². The van der Waals surface area contributed by atoms with E-state index in [9.17, 15) is 0 Å². The summed E-state index contributed by atoms with van der Waals surface area (Å²) < 4.78 is 1.84. The predicted molar refractivity (Wildman–Crippen MR) is 135 cm³/mol. The molecule has 34 heavy (non-hydrogen) atoms. The first-order valence-electron chi connectivity index (χ1n) is 11.4. The van der Waals surface area contributed by atoms with Gasteiger partial charge in [0.25, 0.3) is 0 Å². The zero-order valence-electron chi connectivity index (χ0n) is 19.7. The molecule has 2 N–H and O–H groups in total. The highest BCUT2D eigenvalue weighted by Crippen LogP contribution is 2.37. The largest absolute Gasteiger partial charge is 0.342 e. The fraction of sp³-hybridized carbons (Fsp3) is 0.280. The molecule has 0 saturated carbocycles. The lowest BCUT2D eigenvalue weighted by atomic mass is 10.0. The first-order valence-corrected chi connectivity index (χ1v) is 11.4. The van der Waals surface area contributed by atoms with Crippen molar-refractivity contribution in [3.05, 3.63) is 55.1 Å². The zero-order chi connectivity index (χ0) is 24.0. The summed E-state index contributed by atoms with van der Waals surface area (Å²) in [6.07, 6.45) is 7.77. The van der Waals surface area contributed by atoms with E-state index in [0.29, 0.717) is 29.1 Å². The van der Waals surface area contributed by atoms with E-state index in [1.54, 1.807) is 30.4 Å². The molecule has 172 valence electrons. The standard InChI is InChI=1S/C25H27N9/c1-5-19-22(27)34(16(4)26)20-14-30-25(31-23(20)33(19)15(2)3)32-13-12-29-24(32)21-18-9-7-6-8-17(18)10-11-28-21/h6-15,19,26-27H,5H2,1-4H3/t19-/m1/s1. The van der Waals surface area contributed by atoms with Crippen molar-refractivity contribution in [2.24, 2.45) is 0 Å². The van der Waals surface area contributed by atoms with Crippen LogP contribution < -0.4 is 9.80 Å².